The van der Waals surface area contributed by atoms with Gasteiger partial charge in [-0.1, -0.05) is 311 Å². The van der Waals surface area contributed by atoms with E-state index in [0.717, 1.165) is 78.0 Å². The van der Waals surface area contributed by atoms with Crippen molar-refractivity contribution in [2.75, 3.05) is 0 Å². The Bertz CT molecular complexity index is 6120. The molecule has 0 radical (unpaired) electrons. The molecule has 480 valence electrons. The molecule has 4 aromatic heterocycles. The number of aromatic amines is 1. The van der Waals surface area contributed by atoms with Gasteiger partial charge in [-0.2, -0.15) is 0 Å². The van der Waals surface area contributed by atoms with Gasteiger partial charge in [0, 0.05) is 86.9 Å². The summed E-state index contributed by atoms with van der Waals surface area (Å²) in [6.45, 7) is 9.41. The van der Waals surface area contributed by atoms with Crippen LogP contribution < -0.4 is 0 Å². The lowest BCUT2D eigenvalue weighted by Gasteiger charge is -2.21. The van der Waals surface area contributed by atoms with Crippen molar-refractivity contribution in [1.29, 1.82) is 0 Å². The molecule has 0 fully saturated rings. The Morgan fingerprint density at radius 1 is 0.297 bits per heavy atom. The summed E-state index contributed by atoms with van der Waals surface area (Å²) in [5.41, 5.74) is 27.0. The molecule has 18 aromatic rings. The molecule has 14 aromatic carbocycles. The van der Waals surface area contributed by atoms with E-state index in [1.54, 1.807) is 0 Å². The monoisotopic (exact) mass is 1360 g/mol. The van der Waals surface area contributed by atoms with Crippen LogP contribution in [-0.4, -0.2) is 29.5 Å². The van der Waals surface area contributed by atoms with Crippen LogP contribution in [0.15, 0.2) is 332 Å². The van der Waals surface area contributed by atoms with Crippen LogP contribution in [0.2, 0.25) is 0 Å². The summed E-state index contributed by atoms with van der Waals surface area (Å²) in [6.07, 6.45) is 0. The third kappa shape index (κ3) is 10.5. The first kappa shape index (κ1) is 61.2. The molecule has 101 heavy (non-hydrogen) atoms. The van der Waals surface area contributed by atoms with Crippen LogP contribution in [0.5, 0.6) is 0 Å². The summed E-state index contributed by atoms with van der Waals surface area (Å²) in [4.78, 5) is 23.3. The van der Waals surface area contributed by atoms with Gasteiger partial charge < -0.3 is 9.55 Å². The van der Waals surface area contributed by atoms with Gasteiger partial charge in [-0.05, 0) is 127 Å². The van der Waals surface area contributed by atoms with Gasteiger partial charge in [0.15, 0.2) is 11.6 Å². The summed E-state index contributed by atoms with van der Waals surface area (Å²) in [6, 6.07) is 116. The standard InChI is InChI=1S/C47H33N3.C25H19N.C22H15BrN2/c1-47(2)37-20-12-11-19-36(37)43-38(47)26-28-42-45(43)44-35-18-10-9-13-30(35)23-27-41(44)50(42)34-24-21-32(22-25-34)40-29-39(31-14-5-3-6-15-31)48-46(49-40)33-16-7-4-8-17-33;1-25(2)18-10-6-5-9-17(18)22-19(25)12-14-21-24(22)23-16-8-4-3-7-15(16)11-13-20(23)26-21;23-19-13-11-17(12-14-19)21-15-20(16-7-3-1-4-8-16)24-22(25-21)18-9-5-2-6-10-18/h3-29H,1-2H3;3-14,26H,1-2H3;1-15H. The van der Waals surface area contributed by atoms with E-state index in [1.807, 2.05) is 91.0 Å². The topological polar surface area (TPSA) is 72.3 Å². The van der Waals surface area contributed by atoms with Gasteiger partial charge in [0.1, 0.15) is 0 Å². The molecule has 0 amide bonds. The smallest absolute Gasteiger partial charge is 0.160 e. The van der Waals surface area contributed by atoms with Gasteiger partial charge in [0.05, 0.1) is 33.8 Å². The predicted molar refractivity (Wildman–Crippen MR) is 425 cm³/mol. The average Bonchev–Trinajstić information content (AvgIpc) is 1.54. The second-order valence-corrected chi connectivity index (χ2v) is 28.3. The Labute approximate surface area is 595 Å². The highest BCUT2D eigenvalue weighted by Crippen LogP contribution is 2.55. The summed E-state index contributed by atoms with van der Waals surface area (Å²) in [5, 5.41) is 10.5. The molecular formula is C94H67BrN6. The molecular weight excluding hydrogens is 1290 g/mol. The molecule has 6 nitrogen and oxygen atoms in total. The lowest BCUT2D eigenvalue weighted by molar-refractivity contribution is 0.660. The molecule has 4 heterocycles. The quantitative estimate of drug-likeness (QED) is 0.173. The van der Waals surface area contributed by atoms with Crippen molar-refractivity contribution in [1.82, 2.24) is 29.5 Å². The van der Waals surface area contributed by atoms with Crippen molar-refractivity contribution in [3.8, 4) is 95.7 Å². The van der Waals surface area contributed by atoms with Crippen LogP contribution in [0.4, 0.5) is 0 Å². The largest absolute Gasteiger partial charge is 0.354 e. The number of H-pyrrole nitrogens is 1. The number of benzene rings is 14. The molecule has 0 atom stereocenters. The van der Waals surface area contributed by atoms with Crippen LogP contribution in [0.1, 0.15) is 49.9 Å². The van der Waals surface area contributed by atoms with E-state index in [0.29, 0.717) is 0 Å². The first-order valence-corrected chi connectivity index (χ1v) is 35.3. The molecule has 20 rings (SSSR count). The average molecular weight is 1360 g/mol. The first-order chi connectivity index (χ1) is 49.5. The molecule has 0 saturated carbocycles. The number of nitrogens with one attached hydrogen (secondary N) is 1. The molecule has 0 unspecified atom stereocenters. The molecule has 0 bridgehead atoms. The van der Waals surface area contributed by atoms with Crippen LogP contribution in [-0.2, 0) is 10.8 Å². The fourth-order valence-corrected chi connectivity index (χ4v) is 16.1. The van der Waals surface area contributed by atoms with E-state index < -0.39 is 0 Å². The highest BCUT2D eigenvalue weighted by molar-refractivity contribution is 9.10. The van der Waals surface area contributed by atoms with Crippen molar-refractivity contribution in [2.24, 2.45) is 0 Å². The van der Waals surface area contributed by atoms with Gasteiger partial charge in [-0.3, -0.25) is 0 Å². The number of hydrogen-bond acceptors (Lipinski definition) is 4. The van der Waals surface area contributed by atoms with Gasteiger partial charge in [-0.15, -0.1) is 0 Å². The fraction of sp³-hybridized carbons (Fsp3) is 0.0638. The minimum Gasteiger partial charge on any atom is -0.354 e. The van der Waals surface area contributed by atoms with Crippen molar-refractivity contribution in [3.63, 3.8) is 0 Å². The lowest BCUT2D eigenvalue weighted by Crippen LogP contribution is -2.14. The van der Waals surface area contributed by atoms with E-state index in [-0.39, 0.29) is 10.8 Å². The molecule has 0 saturated heterocycles. The summed E-state index contributed by atoms with van der Waals surface area (Å²) >= 11 is 3.49. The number of fused-ring (bicyclic) bond motifs is 18. The van der Waals surface area contributed by atoms with Gasteiger partial charge in [0.25, 0.3) is 0 Å². The lowest BCUT2D eigenvalue weighted by atomic mass is 9.82. The van der Waals surface area contributed by atoms with Gasteiger partial charge in [-0.25, -0.2) is 19.9 Å². The molecule has 7 heteroatoms. The molecule has 1 N–H and O–H groups in total. The maximum absolute atomic E-state index is 5.08. The zero-order chi connectivity index (χ0) is 67.9. The Kier molecular flexibility index (Phi) is 15.0. The molecule has 2 aliphatic rings. The summed E-state index contributed by atoms with van der Waals surface area (Å²) in [7, 11) is 0. The number of hydrogen-bond donors (Lipinski definition) is 1. The zero-order valence-electron chi connectivity index (χ0n) is 56.3. The van der Waals surface area contributed by atoms with Crippen LogP contribution in [0.3, 0.4) is 0 Å². The van der Waals surface area contributed by atoms with Gasteiger partial charge >= 0.3 is 0 Å². The third-order valence-corrected chi connectivity index (χ3v) is 21.3. The molecule has 0 aliphatic heterocycles. The summed E-state index contributed by atoms with van der Waals surface area (Å²) < 4.78 is 3.50. The Balaban J connectivity index is 0.000000120. The Morgan fingerprint density at radius 2 is 0.663 bits per heavy atom. The normalized spacial score (nSPS) is 13.0. The number of nitrogens with zero attached hydrogens (tertiary/aromatic N) is 5. The fourth-order valence-electron chi connectivity index (χ4n) is 15.8. The van der Waals surface area contributed by atoms with Crippen molar-refractivity contribution in [3.05, 3.63) is 354 Å². The number of rotatable bonds is 7. The van der Waals surface area contributed by atoms with E-state index in [2.05, 4.69) is 290 Å². The van der Waals surface area contributed by atoms with E-state index in [9.17, 15) is 0 Å². The minimum absolute atomic E-state index is 0.0360. The van der Waals surface area contributed by atoms with Crippen molar-refractivity contribution < 1.29 is 0 Å². The number of aromatic nitrogens is 6. The highest BCUT2D eigenvalue weighted by Gasteiger charge is 2.39. The minimum atomic E-state index is -0.0739. The van der Waals surface area contributed by atoms with E-state index >= 15 is 0 Å². The Morgan fingerprint density at radius 3 is 1.18 bits per heavy atom. The van der Waals surface area contributed by atoms with Crippen LogP contribution in [0.25, 0.3) is 161 Å². The molecule has 2 aliphatic carbocycles. The van der Waals surface area contributed by atoms with Crippen LogP contribution in [0, 0.1) is 0 Å². The van der Waals surface area contributed by atoms with E-state index in [4.69, 9.17) is 19.9 Å². The highest BCUT2D eigenvalue weighted by atomic mass is 79.9. The second kappa shape index (κ2) is 24.7. The number of halogens is 1. The van der Waals surface area contributed by atoms with Crippen molar-refractivity contribution >= 4 is 81.1 Å². The SMILES string of the molecule is Brc1ccc(-c2cc(-c3ccccc3)nc(-c3ccccc3)n2)cc1.CC1(C)c2ccccc2-c2c1ccc1[nH]c3ccc4ccccc4c3c21.CC1(C)c2ccccc2-c2c1ccc1c2c2c3ccccc3ccc2n1-c1ccc(-c2cc(-c3ccccc3)nc(-c3ccccc3)n2)cc1. The maximum Gasteiger partial charge on any atom is 0.160 e. The summed E-state index contributed by atoms with van der Waals surface area (Å²) in [5.74, 6) is 1.46. The first-order valence-electron chi connectivity index (χ1n) is 34.5. The van der Waals surface area contributed by atoms with Crippen molar-refractivity contribution in [2.45, 2.75) is 38.5 Å². The predicted octanol–water partition coefficient (Wildman–Crippen LogP) is 25.1. The Hall–Kier alpha value is -12.2. The molecule has 0 spiro atoms. The van der Waals surface area contributed by atoms with E-state index in [1.165, 1.54) is 110 Å². The van der Waals surface area contributed by atoms with Crippen LogP contribution >= 0.6 is 15.9 Å². The van der Waals surface area contributed by atoms with Gasteiger partial charge in [0.2, 0.25) is 0 Å². The zero-order valence-corrected chi connectivity index (χ0v) is 57.9. The second-order valence-electron chi connectivity index (χ2n) is 27.4. The third-order valence-electron chi connectivity index (χ3n) is 20.8. The maximum atomic E-state index is 5.08.